The van der Waals surface area contributed by atoms with Crippen molar-refractivity contribution >= 4 is 11.7 Å². The molecule has 1 unspecified atom stereocenters. The number of amides is 2. The number of carbonyl (C=O) groups is 1. The molecule has 2 amide bonds. The van der Waals surface area contributed by atoms with Crippen LogP contribution in [0.5, 0.6) is 0 Å². The second kappa shape index (κ2) is 6.37. The molecule has 22 heavy (non-hydrogen) atoms. The molecule has 3 N–H and O–H groups in total. The largest absolute Gasteiger partial charge is 0.368 e. The van der Waals surface area contributed by atoms with Gasteiger partial charge in [0.25, 0.3) is 5.56 Å². The fourth-order valence-corrected chi connectivity index (χ4v) is 3.35. The van der Waals surface area contributed by atoms with Gasteiger partial charge in [0.15, 0.2) is 0 Å². The van der Waals surface area contributed by atoms with Crippen LogP contribution < -0.4 is 21.1 Å². The van der Waals surface area contributed by atoms with Crippen molar-refractivity contribution in [1.29, 1.82) is 0 Å². The Labute approximate surface area is 129 Å². The molecule has 3 rings (SSSR count). The minimum Gasteiger partial charge on any atom is -0.368 e. The third-order valence-corrected chi connectivity index (χ3v) is 4.63. The number of hydrogen-bond acceptors (Lipinski definition) is 4. The predicted octanol–water partition coefficient (Wildman–Crippen LogP) is 0.899. The summed E-state index contributed by atoms with van der Waals surface area (Å²) in [5.41, 5.74) is 1.36. The van der Waals surface area contributed by atoms with Crippen LogP contribution >= 0.6 is 0 Å². The molecule has 2 heterocycles. The number of rotatable bonds is 3. The zero-order valence-electron chi connectivity index (χ0n) is 12.9. The Morgan fingerprint density at radius 1 is 1.27 bits per heavy atom. The molecule has 0 bridgehead atoms. The fourth-order valence-electron chi connectivity index (χ4n) is 3.35. The van der Waals surface area contributed by atoms with E-state index in [1.165, 1.54) is 12.8 Å². The van der Waals surface area contributed by atoms with Crippen molar-refractivity contribution in [3.63, 3.8) is 0 Å². The highest BCUT2D eigenvalue weighted by atomic mass is 16.2. The monoisotopic (exact) mass is 305 g/mol. The van der Waals surface area contributed by atoms with Gasteiger partial charge in [-0.05, 0) is 26.2 Å². The Kier molecular flexibility index (Phi) is 4.31. The number of nitrogens with zero attached hydrogens (tertiary/aromatic N) is 2. The lowest BCUT2D eigenvalue weighted by Gasteiger charge is -2.20. The Balaban J connectivity index is 1.54. The minimum atomic E-state index is -0.159. The molecule has 1 aromatic heterocycles. The van der Waals surface area contributed by atoms with Gasteiger partial charge in [-0.2, -0.15) is 5.10 Å². The summed E-state index contributed by atoms with van der Waals surface area (Å²) >= 11 is 0. The van der Waals surface area contributed by atoms with Crippen molar-refractivity contribution < 1.29 is 4.79 Å². The smallest absolute Gasteiger partial charge is 0.315 e. The number of nitrogens with one attached hydrogen (secondary N) is 3. The van der Waals surface area contributed by atoms with E-state index in [2.05, 4.69) is 25.7 Å². The van der Waals surface area contributed by atoms with E-state index in [1.54, 1.807) is 13.1 Å². The maximum atomic E-state index is 12.0. The van der Waals surface area contributed by atoms with E-state index in [9.17, 15) is 9.59 Å². The Bertz CT molecular complexity index is 594. The van der Waals surface area contributed by atoms with Gasteiger partial charge in [-0.25, -0.2) is 9.89 Å². The molecule has 120 valence electrons. The first-order valence-electron chi connectivity index (χ1n) is 8.00. The summed E-state index contributed by atoms with van der Waals surface area (Å²) in [5, 5.41) is 12.4. The van der Waals surface area contributed by atoms with Gasteiger partial charge in [0.2, 0.25) is 0 Å². The zero-order chi connectivity index (χ0) is 15.5. The standard InChI is InChI=1S/C15H23N5O2/c1-10-13(8-16-19-14(10)21)20-7-6-12(9-20)18-15(22)17-11-4-2-3-5-11/h8,11-12H,2-7,9H2,1H3,(H,19,21)(H2,17,18,22). The third kappa shape index (κ3) is 3.23. The van der Waals surface area contributed by atoms with Crippen molar-refractivity contribution in [2.75, 3.05) is 18.0 Å². The maximum Gasteiger partial charge on any atom is 0.315 e. The van der Waals surface area contributed by atoms with E-state index in [0.29, 0.717) is 18.2 Å². The van der Waals surface area contributed by atoms with Crippen molar-refractivity contribution in [3.8, 4) is 0 Å². The zero-order valence-corrected chi connectivity index (χ0v) is 12.9. The van der Waals surface area contributed by atoms with Crippen LogP contribution in [0.2, 0.25) is 0 Å². The molecule has 0 aromatic carbocycles. The summed E-state index contributed by atoms with van der Waals surface area (Å²) in [6.07, 6.45) is 7.14. The Morgan fingerprint density at radius 3 is 2.77 bits per heavy atom. The van der Waals surface area contributed by atoms with Crippen LogP contribution in [0.3, 0.4) is 0 Å². The van der Waals surface area contributed by atoms with Crippen LogP contribution in [-0.4, -0.2) is 41.4 Å². The SMILES string of the molecule is Cc1c(N2CCC(NC(=O)NC3CCCC3)C2)cn[nH]c1=O. The summed E-state index contributed by atoms with van der Waals surface area (Å²) in [4.78, 5) is 25.7. The van der Waals surface area contributed by atoms with Crippen LogP contribution in [0.1, 0.15) is 37.7 Å². The van der Waals surface area contributed by atoms with Gasteiger partial charge in [0.1, 0.15) is 0 Å². The molecule has 2 aliphatic rings. The molecule has 2 fully saturated rings. The van der Waals surface area contributed by atoms with Crippen LogP contribution in [0.4, 0.5) is 10.5 Å². The molecule has 7 heteroatoms. The van der Waals surface area contributed by atoms with E-state index < -0.39 is 0 Å². The molecular formula is C15H23N5O2. The van der Waals surface area contributed by atoms with Crippen LogP contribution in [0, 0.1) is 6.92 Å². The molecular weight excluding hydrogens is 282 g/mol. The Hall–Kier alpha value is -2.05. The quantitative estimate of drug-likeness (QED) is 0.774. The number of aromatic amines is 1. The van der Waals surface area contributed by atoms with E-state index in [1.807, 2.05) is 0 Å². The van der Waals surface area contributed by atoms with Gasteiger partial charge >= 0.3 is 6.03 Å². The lowest BCUT2D eigenvalue weighted by Crippen LogP contribution is -2.46. The molecule has 0 spiro atoms. The highest BCUT2D eigenvalue weighted by Crippen LogP contribution is 2.21. The summed E-state index contributed by atoms with van der Waals surface area (Å²) in [5.74, 6) is 0. The average molecular weight is 305 g/mol. The molecule has 1 aliphatic carbocycles. The minimum absolute atomic E-state index is 0.0699. The summed E-state index contributed by atoms with van der Waals surface area (Å²) in [7, 11) is 0. The van der Waals surface area contributed by atoms with Gasteiger partial charge in [-0.15, -0.1) is 0 Å². The first-order chi connectivity index (χ1) is 10.6. The molecule has 1 saturated heterocycles. The van der Waals surface area contributed by atoms with Crippen LogP contribution in [0.15, 0.2) is 11.0 Å². The molecule has 1 aromatic rings. The van der Waals surface area contributed by atoms with E-state index in [0.717, 1.165) is 31.5 Å². The van der Waals surface area contributed by atoms with Gasteiger partial charge in [-0.1, -0.05) is 12.8 Å². The topological polar surface area (TPSA) is 90.1 Å². The first-order valence-corrected chi connectivity index (χ1v) is 8.00. The Morgan fingerprint density at radius 2 is 2.00 bits per heavy atom. The summed E-state index contributed by atoms with van der Waals surface area (Å²) < 4.78 is 0. The van der Waals surface area contributed by atoms with Gasteiger partial charge in [-0.3, -0.25) is 4.79 Å². The van der Waals surface area contributed by atoms with E-state index in [-0.39, 0.29) is 17.6 Å². The van der Waals surface area contributed by atoms with Gasteiger partial charge < -0.3 is 15.5 Å². The summed E-state index contributed by atoms with van der Waals surface area (Å²) in [6.45, 7) is 3.33. The van der Waals surface area contributed by atoms with E-state index >= 15 is 0 Å². The van der Waals surface area contributed by atoms with E-state index in [4.69, 9.17) is 0 Å². The normalized spacial score (nSPS) is 22.0. The molecule has 0 radical (unpaired) electrons. The van der Waals surface area contributed by atoms with Gasteiger partial charge in [0, 0.05) is 30.7 Å². The third-order valence-electron chi connectivity index (χ3n) is 4.63. The summed E-state index contributed by atoms with van der Waals surface area (Å²) in [6, 6.07) is 0.372. The predicted molar refractivity (Wildman–Crippen MR) is 84.1 cm³/mol. The number of aromatic nitrogens is 2. The maximum absolute atomic E-state index is 12.0. The van der Waals surface area contributed by atoms with Crippen molar-refractivity contribution in [1.82, 2.24) is 20.8 Å². The van der Waals surface area contributed by atoms with Crippen LogP contribution in [-0.2, 0) is 0 Å². The van der Waals surface area contributed by atoms with Crippen molar-refractivity contribution in [3.05, 3.63) is 22.1 Å². The van der Waals surface area contributed by atoms with Crippen molar-refractivity contribution in [2.45, 2.75) is 51.1 Å². The number of urea groups is 1. The highest BCUT2D eigenvalue weighted by molar-refractivity contribution is 5.74. The second-order valence-corrected chi connectivity index (χ2v) is 6.24. The fraction of sp³-hybridized carbons (Fsp3) is 0.667. The molecule has 1 aliphatic heterocycles. The lowest BCUT2D eigenvalue weighted by atomic mass is 10.2. The highest BCUT2D eigenvalue weighted by Gasteiger charge is 2.26. The number of H-pyrrole nitrogens is 1. The number of carbonyl (C=O) groups excluding carboxylic acids is 1. The number of anilines is 1. The first kappa shape index (κ1) is 14.9. The molecule has 1 atom stereocenters. The lowest BCUT2D eigenvalue weighted by molar-refractivity contribution is 0.234. The van der Waals surface area contributed by atoms with Gasteiger partial charge in [0.05, 0.1) is 11.9 Å². The second-order valence-electron chi connectivity index (χ2n) is 6.24. The molecule has 1 saturated carbocycles. The molecule has 7 nitrogen and oxygen atoms in total. The number of hydrogen-bond donors (Lipinski definition) is 3. The van der Waals surface area contributed by atoms with Crippen LogP contribution in [0.25, 0.3) is 0 Å². The van der Waals surface area contributed by atoms with Crippen molar-refractivity contribution in [2.24, 2.45) is 0 Å². The average Bonchev–Trinajstić information content (AvgIpc) is 3.14.